The number of ether oxygens (including phenoxy) is 1. The molecule has 0 saturated carbocycles. The topological polar surface area (TPSA) is 49.8 Å². The van der Waals surface area contributed by atoms with E-state index in [2.05, 4.69) is 31.2 Å². The third kappa shape index (κ3) is 4.33. The highest BCUT2D eigenvalue weighted by molar-refractivity contribution is 5.70. The van der Waals surface area contributed by atoms with Gasteiger partial charge in [0.25, 0.3) is 0 Å². The van der Waals surface area contributed by atoms with E-state index in [1.54, 1.807) is 18.7 Å². The minimum atomic E-state index is -0.944. The van der Waals surface area contributed by atoms with Crippen LogP contribution in [-0.4, -0.2) is 28.2 Å². The van der Waals surface area contributed by atoms with Crippen LogP contribution in [0, 0.1) is 6.92 Å². The van der Waals surface area contributed by atoms with Crippen molar-refractivity contribution >= 4 is 6.09 Å². The molecule has 0 spiro atoms. The van der Waals surface area contributed by atoms with Crippen LogP contribution in [0.2, 0.25) is 0 Å². The molecular formula is C23H29NO3. The smallest absolute Gasteiger partial charge is 0.411 e. The van der Waals surface area contributed by atoms with Gasteiger partial charge in [0.1, 0.15) is 5.60 Å². The zero-order valence-electron chi connectivity index (χ0n) is 16.6. The number of rotatable bonds is 5. The number of benzene rings is 2. The molecule has 1 aliphatic heterocycles. The molecule has 2 atom stereocenters. The monoisotopic (exact) mass is 367 g/mol. The van der Waals surface area contributed by atoms with E-state index in [-0.39, 0.29) is 12.1 Å². The van der Waals surface area contributed by atoms with E-state index in [1.165, 1.54) is 5.56 Å². The maximum Gasteiger partial charge on any atom is 0.411 e. The summed E-state index contributed by atoms with van der Waals surface area (Å²) < 4.78 is 6.04. The van der Waals surface area contributed by atoms with E-state index >= 15 is 0 Å². The van der Waals surface area contributed by atoms with Crippen LogP contribution in [0.25, 0.3) is 0 Å². The molecule has 2 aromatic rings. The standard InChI is InChI=1S/C23H29NO3/c1-17-10-12-19(13-11-17)18(2)24-15-14-23(27-21(24)25,16-22(3,4)26)20-8-6-5-7-9-20/h5-13,18,26H,14-16H2,1-4H3/t18-,23-/m0/s1. The molecule has 1 saturated heterocycles. The van der Waals surface area contributed by atoms with Crippen LogP contribution >= 0.6 is 0 Å². The van der Waals surface area contributed by atoms with Crippen LogP contribution in [0.3, 0.4) is 0 Å². The number of carbonyl (C=O) groups excluding carboxylic acids is 1. The van der Waals surface area contributed by atoms with Gasteiger partial charge < -0.3 is 14.7 Å². The number of amides is 1. The second-order valence-corrected chi connectivity index (χ2v) is 8.25. The van der Waals surface area contributed by atoms with Gasteiger partial charge in [-0.25, -0.2) is 4.79 Å². The van der Waals surface area contributed by atoms with Crippen LogP contribution in [-0.2, 0) is 10.3 Å². The number of hydrogen-bond donors (Lipinski definition) is 1. The number of aliphatic hydroxyl groups is 1. The lowest BCUT2D eigenvalue weighted by Gasteiger charge is -2.45. The van der Waals surface area contributed by atoms with E-state index in [0.29, 0.717) is 19.4 Å². The first-order valence-corrected chi connectivity index (χ1v) is 9.54. The van der Waals surface area contributed by atoms with Crippen molar-refractivity contribution < 1.29 is 14.6 Å². The van der Waals surface area contributed by atoms with Gasteiger partial charge in [-0.1, -0.05) is 60.2 Å². The zero-order valence-corrected chi connectivity index (χ0v) is 16.6. The maximum atomic E-state index is 13.0. The van der Waals surface area contributed by atoms with Gasteiger partial charge >= 0.3 is 6.09 Å². The summed E-state index contributed by atoms with van der Waals surface area (Å²) in [4.78, 5) is 14.7. The number of cyclic esters (lactones) is 1. The van der Waals surface area contributed by atoms with Crippen molar-refractivity contribution in [1.82, 2.24) is 4.90 Å². The van der Waals surface area contributed by atoms with Gasteiger partial charge in [-0.2, -0.15) is 0 Å². The summed E-state index contributed by atoms with van der Waals surface area (Å²) in [7, 11) is 0. The SMILES string of the molecule is Cc1ccc([C@H](C)N2CC[C@](CC(C)(C)O)(c3ccccc3)OC2=O)cc1. The average molecular weight is 367 g/mol. The minimum Gasteiger partial charge on any atom is -0.438 e. The Morgan fingerprint density at radius 1 is 1.15 bits per heavy atom. The Hall–Kier alpha value is -2.33. The Morgan fingerprint density at radius 3 is 2.33 bits per heavy atom. The number of nitrogens with zero attached hydrogens (tertiary/aromatic N) is 1. The molecule has 0 unspecified atom stereocenters. The highest BCUT2D eigenvalue weighted by Crippen LogP contribution is 2.42. The first-order valence-electron chi connectivity index (χ1n) is 9.54. The Kier molecular flexibility index (Phi) is 5.29. The summed E-state index contributed by atoms with van der Waals surface area (Å²) in [5.74, 6) is 0. The molecule has 4 heteroatoms. The molecule has 2 aromatic carbocycles. The molecule has 0 aromatic heterocycles. The van der Waals surface area contributed by atoms with E-state index < -0.39 is 11.2 Å². The van der Waals surface area contributed by atoms with Crippen molar-refractivity contribution in [3.05, 3.63) is 71.3 Å². The second kappa shape index (κ2) is 7.35. The number of carbonyl (C=O) groups is 1. The summed E-state index contributed by atoms with van der Waals surface area (Å²) in [6.07, 6.45) is 0.674. The molecule has 1 N–H and O–H groups in total. The fourth-order valence-electron chi connectivity index (χ4n) is 3.92. The van der Waals surface area contributed by atoms with Crippen molar-refractivity contribution in [3.8, 4) is 0 Å². The molecule has 144 valence electrons. The molecule has 1 aliphatic rings. The van der Waals surface area contributed by atoms with Gasteiger partial charge in [-0.05, 0) is 38.8 Å². The molecule has 0 bridgehead atoms. The molecule has 0 aliphatic carbocycles. The summed E-state index contributed by atoms with van der Waals surface area (Å²) >= 11 is 0. The molecule has 1 amide bonds. The maximum absolute atomic E-state index is 13.0. The van der Waals surface area contributed by atoms with Crippen molar-refractivity contribution in [2.24, 2.45) is 0 Å². The van der Waals surface area contributed by atoms with Crippen molar-refractivity contribution in [1.29, 1.82) is 0 Å². The normalized spacial score (nSPS) is 21.7. The molecule has 0 radical (unpaired) electrons. The van der Waals surface area contributed by atoms with Crippen molar-refractivity contribution in [2.45, 2.75) is 57.8 Å². The Balaban J connectivity index is 1.85. The first-order chi connectivity index (χ1) is 12.7. The third-order valence-electron chi connectivity index (χ3n) is 5.32. The molecule has 3 rings (SSSR count). The summed E-state index contributed by atoms with van der Waals surface area (Å²) in [6.45, 7) is 8.17. The van der Waals surface area contributed by atoms with Gasteiger partial charge in [0, 0.05) is 19.4 Å². The molecular weight excluding hydrogens is 338 g/mol. The first kappa shape index (κ1) is 19.4. The summed E-state index contributed by atoms with van der Waals surface area (Å²) in [5, 5.41) is 10.5. The van der Waals surface area contributed by atoms with Crippen LogP contribution in [0.15, 0.2) is 54.6 Å². The van der Waals surface area contributed by atoms with Gasteiger partial charge in [0.2, 0.25) is 0 Å². The van der Waals surface area contributed by atoms with E-state index in [9.17, 15) is 9.90 Å². The van der Waals surface area contributed by atoms with Crippen LogP contribution in [0.5, 0.6) is 0 Å². The van der Waals surface area contributed by atoms with Crippen LogP contribution in [0.4, 0.5) is 4.79 Å². The predicted octanol–water partition coefficient (Wildman–Crippen LogP) is 4.95. The largest absolute Gasteiger partial charge is 0.438 e. The highest BCUT2D eigenvalue weighted by Gasteiger charge is 2.46. The van der Waals surface area contributed by atoms with Crippen LogP contribution < -0.4 is 0 Å². The molecule has 1 heterocycles. The fraction of sp³-hybridized carbons (Fsp3) is 0.435. The van der Waals surface area contributed by atoms with Gasteiger partial charge in [-0.15, -0.1) is 0 Å². The average Bonchev–Trinajstić information content (AvgIpc) is 2.61. The van der Waals surface area contributed by atoms with Crippen molar-refractivity contribution in [3.63, 3.8) is 0 Å². The van der Waals surface area contributed by atoms with E-state index in [1.807, 2.05) is 37.3 Å². The molecule has 27 heavy (non-hydrogen) atoms. The fourth-order valence-corrected chi connectivity index (χ4v) is 3.92. The highest BCUT2D eigenvalue weighted by atomic mass is 16.6. The second-order valence-electron chi connectivity index (χ2n) is 8.25. The lowest BCUT2D eigenvalue weighted by atomic mass is 9.80. The Labute approximate surface area is 161 Å². The third-order valence-corrected chi connectivity index (χ3v) is 5.32. The van der Waals surface area contributed by atoms with Gasteiger partial charge in [0.05, 0.1) is 11.6 Å². The van der Waals surface area contributed by atoms with Gasteiger partial charge in [0.15, 0.2) is 0 Å². The lowest BCUT2D eigenvalue weighted by molar-refractivity contribution is -0.101. The number of aryl methyl sites for hydroxylation is 1. The van der Waals surface area contributed by atoms with E-state index in [4.69, 9.17) is 4.74 Å². The summed E-state index contributed by atoms with van der Waals surface area (Å²) in [6, 6.07) is 17.9. The minimum absolute atomic E-state index is 0.0611. The molecule has 1 fully saturated rings. The van der Waals surface area contributed by atoms with Crippen LogP contribution in [0.1, 0.15) is 56.3 Å². The van der Waals surface area contributed by atoms with Gasteiger partial charge in [-0.3, -0.25) is 0 Å². The number of hydrogen-bond acceptors (Lipinski definition) is 3. The Morgan fingerprint density at radius 2 is 1.78 bits per heavy atom. The lowest BCUT2D eigenvalue weighted by Crippen LogP contribution is -2.51. The van der Waals surface area contributed by atoms with Crippen molar-refractivity contribution in [2.75, 3.05) is 6.54 Å². The van der Waals surface area contributed by atoms with E-state index in [0.717, 1.165) is 11.1 Å². The molecule has 4 nitrogen and oxygen atoms in total. The zero-order chi connectivity index (χ0) is 19.7. The quantitative estimate of drug-likeness (QED) is 0.813. The predicted molar refractivity (Wildman–Crippen MR) is 106 cm³/mol. The summed E-state index contributed by atoms with van der Waals surface area (Å²) in [5.41, 5.74) is 1.47. The Bertz CT molecular complexity index is 780.